The normalized spacial score (nSPS) is 23.2. The average molecular weight is 261 g/mol. The topological polar surface area (TPSA) is 49.3 Å². The highest BCUT2D eigenvalue weighted by atomic mass is 32.2. The molecule has 0 spiro atoms. The van der Waals surface area contributed by atoms with Crippen LogP contribution in [0, 0.1) is 0 Å². The molecule has 2 aliphatic rings. The minimum absolute atomic E-state index is 0.408. The minimum Gasteiger partial charge on any atom is -0.465 e. The molecule has 2 bridgehead atoms. The first-order chi connectivity index (χ1) is 8.70. The quantitative estimate of drug-likeness (QED) is 0.648. The second kappa shape index (κ2) is 4.35. The summed E-state index contributed by atoms with van der Waals surface area (Å²) in [7, 11) is 0. The third-order valence-electron chi connectivity index (χ3n) is 3.84. The molecule has 0 fully saturated rings. The van der Waals surface area contributed by atoms with E-state index in [1.807, 2.05) is 6.26 Å². The standard InChI is InChI=1S/C14H15NO2S/c1-18-12-5-4-10-8-2-3-9(6-8)13(10)11(12)7-15-14(16)17/h2-5,8-9,15H,6-7H2,1H3,(H,16,17). The van der Waals surface area contributed by atoms with Crippen LogP contribution < -0.4 is 5.32 Å². The van der Waals surface area contributed by atoms with Crippen molar-refractivity contribution in [3.8, 4) is 0 Å². The third kappa shape index (κ3) is 1.72. The summed E-state index contributed by atoms with van der Waals surface area (Å²) in [5, 5.41) is 11.3. The van der Waals surface area contributed by atoms with Crippen LogP contribution in [0.2, 0.25) is 0 Å². The maximum atomic E-state index is 10.7. The molecule has 2 unspecified atom stereocenters. The molecule has 1 aromatic rings. The number of nitrogens with one attached hydrogen (secondary N) is 1. The van der Waals surface area contributed by atoms with Crippen LogP contribution in [0.3, 0.4) is 0 Å². The number of thioether (sulfide) groups is 1. The van der Waals surface area contributed by atoms with Gasteiger partial charge in [0.1, 0.15) is 0 Å². The summed E-state index contributed by atoms with van der Waals surface area (Å²) in [5.41, 5.74) is 3.92. The molecule has 0 radical (unpaired) electrons. The zero-order chi connectivity index (χ0) is 12.7. The minimum atomic E-state index is -0.960. The van der Waals surface area contributed by atoms with Gasteiger partial charge in [-0.1, -0.05) is 18.2 Å². The lowest BCUT2D eigenvalue weighted by molar-refractivity contribution is 0.194. The molecule has 0 saturated carbocycles. The van der Waals surface area contributed by atoms with Crippen LogP contribution in [-0.2, 0) is 6.54 Å². The number of hydrogen-bond donors (Lipinski definition) is 2. The van der Waals surface area contributed by atoms with Crippen molar-refractivity contribution in [2.45, 2.75) is 29.7 Å². The SMILES string of the molecule is CSc1ccc2c(c1CNC(=O)O)C1C=CC2C1. The summed E-state index contributed by atoms with van der Waals surface area (Å²) < 4.78 is 0. The first kappa shape index (κ1) is 11.7. The summed E-state index contributed by atoms with van der Waals surface area (Å²) in [6.07, 6.45) is 6.78. The van der Waals surface area contributed by atoms with E-state index >= 15 is 0 Å². The van der Waals surface area contributed by atoms with Crippen molar-refractivity contribution in [2.75, 3.05) is 6.26 Å². The molecule has 0 aliphatic heterocycles. The number of allylic oxidation sites excluding steroid dienone is 2. The predicted molar refractivity (Wildman–Crippen MR) is 72.3 cm³/mol. The maximum Gasteiger partial charge on any atom is 0.404 e. The average Bonchev–Trinajstić information content (AvgIpc) is 2.96. The largest absolute Gasteiger partial charge is 0.465 e. The van der Waals surface area contributed by atoms with Crippen LogP contribution >= 0.6 is 11.8 Å². The van der Waals surface area contributed by atoms with E-state index in [0.717, 1.165) is 6.42 Å². The molecular weight excluding hydrogens is 246 g/mol. The molecule has 0 heterocycles. The Labute approximate surface area is 110 Å². The van der Waals surface area contributed by atoms with Gasteiger partial charge >= 0.3 is 6.09 Å². The Bertz CT molecular complexity index is 539. The molecule has 2 N–H and O–H groups in total. The molecule has 0 aromatic heterocycles. The van der Waals surface area contributed by atoms with Gasteiger partial charge in [-0.05, 0) is 35.4 Å². The summed E-state index contributed by atoms with van der Waals surface area (Å²) in [6, 6.07) is 4.33. The molecule has 2 atom stereocenters. The van der Waals surface area contributed by atoms with Crippen molar-refractivity contribution < 1.29 is 9.90 Å². The zero-order valence-corrected chi connectivity index (χ0v) is 11.0. The number of carboxylic acid groups (broad SMARTS) is 1. The van der Waals surface area contributed by atoms with Crippen LogP contribution in [0.25, 0.3) is 0 Å². The second-order valence-electron chi connectivity index (χ2n) is 4.74. The molecule has 3 nitrogen and oxygen atoms in total. The fourth-order valence-corrected chi connectivity index (χ4v) is 3.74. The predicted octanol–water partition coefficient (Wildman–Crippen LogP) is 3.32. The van der Waals surface area contributed by atoms with Gasteiger partial charge in [0.15, 0.2) is 0 Å². The highest BCUT2D eigenvalue weighted by molar-refractivity contribution is 7.98. The first-order valence-corrected chi connectivity index (χ1v) is 7.28. The molecule has 3 rings (SSSR count). The van der Waals surface area contributed by atoms with Gasteiger partial charge in [-0.2, -0.15) is 0 Å². The van der Waals surface area contributed by atoms with Gasteiger partial charge < -0.3 is 10.4 Å². The number of hydrogen-bond acceptors (Lipinski definition) is 2. The van der Waals surface area contributed by atoms with E-state index in [0.29, 0.717) is 18.4 Å². The Hall–Kier alpha value is -1.42. The van der Waals surface area contributed by atoms with E-state index in [4.69, 9.17) is 5.11 Å². The van der Waals surface area contributed by atoms with E-state index in [1.54, 1.807) is 11.8 Å². The van der Waals surface area contributed by atoms with Crippen LogP contribution in [0.15, 0.2) is 29.2 Å². The number of carbonyl (C=O) groups is 1. The molecule has 2 aliphatic carbocycles. The number of fused-ring (bicyclic) bond motifs is 5. The van der Waals surface area contributed by atoms with Gasteiger partial charge in [0.25, 0.3) is 0 Å². The molecule has 94 valence electrons. The molecule has 1 aromatic carbocycles. The monoisotopic (exact) mass is 261 g/mol. The van der Waals surface area contributed by atoms with Crippen molar-refractivity contribution in [3.05, 3.63) is 41.0 Å². The van der Waals surface area contributed by atoms with Gasteiger partial charge in [0.05, 0.1) is 0 Å². The van der Waals surface area contributed by atoms with Crippen molar-refractivity contribution in [1.82, 2.24) is 5.32 Å². The van der Waals surface area contributed by atoms with E-state index in [-0.39, 0.29) is 0 Å². The molecule has 1 amide bonds. The summed E-state index contributed by atoms with van der Waals surface area (Å²) in [5.74, 6) is 1.03. The van der Waals surface area contributed by atoms with Crippen LogP contribution in [0.1, 0.15) is 34.9 Å². The number of amides is 1. The van der Waals surface area contributed by atoms with Crippen molar-refractivity contribution in [3.63, 3.8) is 0 Å². The van der Waals surface area contributed by atoms with Crippen molar-refractivity contribution in [2.24, 2.45) is 0 Å². The Morgan fingerprint density at radius 3 is 2.94 bits per heavy atom. The summed E-state index contributed by atoms with van der Waals surface area (Å²) >= 11 is 1.68. The van der Waals surface area contributed by atoms with Crippen LogP contribution in [-0.4, -0.2) is 17.5 Å². The van der Waals surface area contributed by atoms with E-state index in [2.05, 4.69) is 29.6 Å². The first-order valence-electron chi connectivity index (χ1n) is 6.05. The molecule has 4 heteroatoms. The van der Waals surface area contributed by atoms with Gasteiger partial charge in [-0.3, -0.25) is 0 Å². The summed E-state index contributed by atoms with van der Waals surface area (Å²) in [6.45, 7) is 0.408. The van der Waals surface area contributed by atoms with E-state index in [1.165, 1.54) is 21.6 Å². The maximum absolute atomic E-state index is 10.7. The number of benzene rings is 1. The second-order valence-corrected chi connectivity index (χ2v) is 5.59. The van der Waals surface area contributed by atoms with Gasteiger partial charge in [-0.15, -0.1) is 11.8 Å². The Morgan fingerprint density at radius 1 is 1.44 bits per heavy atom. The van der Waals surface area contributed by atoms with Crippen LogP contribution in [0.4, 0.5) is 4.79 Å². The highest BCUT2D eigenvalue weighted by Crippen LogP contribution is 2.51. The molecule has 18 heavy (non-hydrogen) atoms. The Kier molecular flexibility index (Phi) is 2.82. The summed E-state index contributed by atoms with van der Waals surface area (Å²) in [4.78, 5) is 11.9. The van der Waals surface area contributed by atoms with Crippen molar-refractivity contribution >= 4 is 17.9 Å². The Morgan fingerprint density at radius 2 is 2.22 bits per heavy atom. The van der Waals surface area contributed by atoms with Gasteiger partial charge in [-0.25, -0.2) is 4.79 Å². The van der Waals surface area contributed by atoms with E-state index in [9.17, 15) is 4.79 Å². The third-order valence-corrected chi connectivity index (χ3v) is 4.66. The lowest BCUT2D eigenvalue weighted by atomic mass is 9.92. The van der Waals surface area contributed by atoms with E-state index < -0.39 is 6.09 Å². The molecular formula is C14H15NO2S. The highest BCUT2D eigenvalue weighted by Gasteiger charge is 2.35. The number of rotatable bonds is 3. The fraction of sp³-hybridized carbons (Fsp3) is 0.357. The lowest BCUT2D eigenvalue weighted by Gasteiger charge is -2.18. The smallest absolute Gasteiger partial charge is 0.404 e. The van der Waals surface area contributed by atoms with Crippen LogP contribution in [0.5, 0.6) is 0 Å². The van der Waals surface area contributed by atoms with Gasteiger partial charge in [0, 0.05) is 23.3 Å². The zero-order valence-electron chi connectivity index (χ0n) is 10.1. The molecule has 0 saturated heterocycles. The fourth-order valence-electron chi connectivity index (χ4n) is 3.11. The van der Waals surface area contributed by atoms with Gasteiger partial charge in [0.2, 0.25) is 0 Å². The lowest BCUT2D eigenvalue weighted by Crippen LogP contribution is -2.21. The Balaban J connectivity index is 2.03. The van der Waals surface area contributed by atoms with Crippen molar-refractivity contribution in [1.29, 1.82) is 0 Å².